The number of hydrogen-bond acceptors (Lipinski definition) is 6. The summed E-state index contributed by atoms with van der Waals surface area (Å²) in [5.41, 5.74) is 5.00. The van der Waals surface area contributed by atoms with Crippen molar-refractivity contribution in [1.29, 1.82) is 0 Å². The number of hydrogen-bond donors (Lipinski definition) is 1. The van der Waals surface area contributed by atoms with E-state index in [1.54, 1.807) is 6.20 Å². The number of rotatable bonds is 6. The minimum atomic E-state index is -0.981. The SMILES string of the molecule is O=C(O)COc1ccc(N2CCN(c3cc(-c4ccccn4)nc4ccccc34)CC2)cc1. The number of carbonyl (C=O) groups is 1. The van der Waals surface area contributed by atoms with Gasteiger partial charge in [0.25, 0.3) is 0 Å². The van der Waals surface area contributed by atoms with E-state index in [0.717, 1.165) is 54.2 Å². The molecule has 0 bridgehead atoms. The van der Waals surface area contributed by atoms with Gasteiger partial charge >= 0.3 is 5.97 Å². The molecule has 0 aliphatic carbocycles. The second-order valence-electron chi connectivity index (χ2n) is 7.91. The highest BCUT2D eigenvalue weighted by atomic mass is 16.5. The maximum atomic E-state index is 10.7. The van der Waals surface area contributed by atoms with Crippen LogP contribution < -0.4 is 14.5 Å². The lowest BCUT2D eigenvalue weighted by molar-refractivity contribution is -0.139. The number of fused-ring (bicyclic) bond motifs is 1. The molecule has 2 aromatic heterocycles. The second kappa shape index (κ2) is 9.16. The molecule has 0 unspecified atom stereocenters. The summed E-state index contributed by atoms with van der Waals surface area (Å²) in [6.07, 6.45) is 1.79. The third-order valence-electron chi connectivity index (χ3n) is 5.81. The predicted molar refractivity (Wildman–Crippen MR) is 129 cm³/mol. The first-order chi connectivity index (χ1) is 16.2. The number of aliphatic carboxylic acids is 1. The standard InChI is InChI=1S/C26H24N4O3/c31-26(32)18-33-20-10-8-19(9-11-20)29-13-15-30(16-14-29)25-17-24(23-7-3-4-12-27-23)28-22-6-2-1-5-21(22)25/h1-12,17H,13-16,18H2,(H,31,32). The van der Waals surface area contributed by atoms with Crippen molar-refractivity contribution in [2.24, 2.45) is 0 Å². The molecule has 5 rings (SSSR count). The summed E-state index contributed by atoms with van der Waals surface area (Å²) in [4.78, 5) is 24.8. The fourth-order valence-corrected chi connectivity index (χ4v) is 4.17. The Hall–Kier alpha value is -4.13. The molecule has 7 nitrogen and oxygen atoms in total. The van der Waals surface area contributed by atoms with Crippen molar-refractivity contribution >= 4 is 28.2 Å². The van der Waals surface area contributed by atoms with E-state index in [-0.39, 0.29) is 6.61 Å². The Morgan fingerprint density at radius 3 is 2.33 bits per heavy atom. The second-order valence-corrected chi connectivity index (χ2v) is 7.91. The molecule has 0 atom stereocenters. The predicted octanol–water partition coefficient (Wildman–Crippen LogP) is 4.09. The lowest BCUT2D eigenvalue weighted by Gasteiger charge is -2.38. The summed E-state index contributed by atoms with van der Waals surface area (Å²) in [7, 11) is 0. The summed E-state index contributed by atoms with van der Waals surface area (Å²) in [6, 6.07) is 23.9. The monoisotopic (exact) mass is 440 g/mol. The summed E-state index contributed by atoms with van der Waals surface area (Å²) in [6.45, 7) is 3.19. The first kappa shape index (κ1) is 20.8. The molecule has 0 saturated carbocycles. The minimum absolute atomic E-state index is 0.335. The first-order valence-corrected chi connectivity index (χ1v) is 10.9. The van der Waals surface area contributed by atoms with Crippen LogP contribution in [-0.4, -0.2) is 53.8 Å². The summed E-state index contributed by atoms with van der Waals surface area (Å²) in [5, 5.41) is 9.90. The van der Waals surface area contributed by atoms with E-state index in [4.69, 9.17) is 14.8 Å². The van der Waals surface area contributed by atoms with Crippen molar-refractivity contribution in [2.45, 2.75) is 0 Å². The topological polar surface area (TPSA) is 78.8 Å². The van der Waals surface area contributed by atoms with Crippen LogP contribution in [0.2, 0.25) is 0 Å². The van der Waals surface area contributed by atoms with E-state index >= 15 is 0 Å². The minimum Gasteiger partial charge on any atom is -0.482 e. The van der Waals surface area contributed by atoms with E-state index in [0.29, 0.717) is 5.75 Å². The van der Waals surface area contributed by atoms with Crippen LogP contribution in [0.1, 0.15) is 0 Å². The van der Waals surface area contributed by atoms with Gasteiger partial charge in [-0.3, -0.25) is 4.98 Å². The number of anilines is 2. The Bertz CT molecular complexity index is 1250. The molecular formula is C26H24N4O3. The van der Waals surface area contributed by atoms with Gasteiger partial charge < -0.3 is 19.6 Å². The molecule has 1 fully saturated rings. The average molecular weight is 441 g/mol. The number of piperazine rings is 1. The van der Waals surface area contributed by atoms with E-state index in [9.17, 15) is 4.79 Å². The highest BCUT2D eigenvalue weighted by Gasteiger charge is 2.20. The molecule has 1 saturated heterocycles. The number of carboxylic acids is 1. The van der Waals surface area contributed by atoms with Gasteiger partial charge in [0.05, 0.1) is 16.9 Å². The highest BCUT2D eigenvalue weighted by molar-refractivity contribution is 5.94. The van der Waals surface area contributed by atoms with Crippen molar-refractivity contribution < 1.29 is 14.6 Å². The smallest absolute Gasteiger partial charge is 0.341 e. The molecule has 1 N–H and O–H groups in total. The number of pyridine rings is 2. The highest BCUT2D eigenvalue weighted by Crippen LogP contribution is 2.31. The van der Waals surface area contributed by atoms with Gasteiger partial charge in [-0.2, -0.15) is 0 Å². The van der Waals surface area contributed by atoms with Crippen molar-refractivity contribution in [3.63, 3.8) is 0 Å². The van der Waals surface area contributed by atoms with Crippen LogP contribution in [0.3, 0.4) is 0 Å². The number of carboxylic acid groups (broad SMARTS) is 1. The maximum absolute atomic E-state index is 10.7. The zero-order valence-corrected chi connectivity index (χ0v) is 18.1. The number of benzene rings is 2. The van der Waals surface area contributed by atoms with Gasteiger partial charge in [0, 0.05) is 49.1 Å². The van der Waals surface area contributed by atoms with Crippen LogP contribution >= 0.6 is 0 Å². The van der Waals surface area contributed by atoms with Crippen LogP contribution in [0.5, 0.6) is 5.75 Å². The molecule has 0 spiro atoms. The van der Waals surface area contributed by atoms with Gasteiger partial charge in [-0.25, -0.2) is 9.78 Å². The lowest BCUT2D eigenvalue weighted by atomic mass is 10.1. The Morgan fingerprint density at radius 1 is 0.879 bits per heavy atom. The molecule has 1 aliphatic heterocycles. The van der Waals surface area contributed by atoms with E-state index in [1.165, 1.54) is 5.69 Å². The van der Waals surface area contributed by atoms with Crippen LogP contribution in [0.25, 0.3) is 22.3 Å². The van der Waals surface area contributed by atoms with Crippen LogP contribution in [0, 0.1) is 0 Å². The Kier molecular flexibility index (Phi) is 5.76. The normalized spacial score (nSPS) is 13.8. The summed E-state index contributed by atoms with van der Waals surface area (Å²) in [5.74, 6) is -0.421. The quantitative estimate of drug-likeness (QED) is 0.484. The van der Waals surface area contributed by atoms with Crippen molar-refractivity contribution in [1.82, 2.24) is 9.97 Å². The van der Waals surface area contributed by atoms with Crippen molar-refractivity contribution in [2.75, 3.05) is 42.6 Å². The van der Waals surface area contributed by atoms with E-state index in [1.807, 2.05) is 48.5 Å². The van der Waals surface area contributed by atoms with Crippen LogP contribution in [-0.2, 0) is 4.79 Å². The fourth-order valence-electron chi connectivity index (χ4n) is 4.17. The summed E-state index contributed by atoms with van der Waals surface area (Å²) < 4.78 is 5.24. The molecule has 3 heterocycles. The van der Waals surface area contributed by atoms with Crippen molar-refractivity contribution in [3.8, 4) is 17.1 Å². The van der Waals surface area contributed by atoms with E-state index in [2.05, 4.69) is 39.0 Å². The number of aromatic nitrogens is 2. The number of nitrogens with zero attached hydrogens (tertiary/aromatic N) is 4. The molecule has 166 valence electrons. The van der Waals surface area contributed by atoms with Gasteiger partial charge in [0.15, 0.2) is 6.61 Å². The third-order valence-corrected chi connectivity index (χ3v) is 5.81. The molecule has 0 radical (unpaired) electrons. The Labute approximate surface area is 191 Å². The third kappa shape index (κ3) is 4.57. The molecule has 2 aromatic carbocycles. The van der Waals surface area contributed by atoms with Crippen molar-refractivity contribution in [3.05, 3.63) is 79.0 Å². The molecule has 1 aliphatic rings. The largest absolute Gasteiger partial charge is 0.482 e. The summed E-state index contributed by atoms with van der Waals surface area (Å²) >= 11 is 0. The van der Waals surface area contributed by atoms with E-state index < -0.39 is 5.97 Å². The Morgan fingerprint density at radius 2 is 1.61 bits per heavy atom. The maximum Gasteiger partial charge on any atom is 0.341 e. The van der Waals surface area contributed by atoms with Gasteiger partial charge in [0.1, 0.15) is 5.75 Å². The zero-order chi connectivity index (χ0) is 22.6. The molecule has 4 aromatic rings. The number of ether oxygens (including phenoxy) is 1. The molecule has 7 heteroatoms. The van der Waals surface area contributed by atoms with Gasteiger partial charge in [0.2, 0.25) is 0 Å². The van der Waals surface area contributed by atoms with Gasteiger partial charge in [-0.1, -0.05) is 24.3 Å². The molecule has 0 amide bonds. The van der Waals surface area contributed by atoms with Gasteiger partial charge in [-0.15, -0.1) is 0 Å². The van der Waals surface area contributed by atoms with Gasteiger partial charge in [-0.05, 0) is 48.5 Å². The van der Waals surface area contributed by atoms with Crippen LogP contribution in [0.15, 0.2) is 79.0 Å². The number of para-hydroxylation sites is 1. The fraction of sp³-hybridized carbons (Fsp3) is 0.192. The average Bonchev–Trinajstić information content (AvgIpc) is 2.88. The molecular weight excluding hydrogens is 416 g/mol. The van der Waals surface area contributed by atoms with Crippen LogP contribution in [0.4, 0.5) is 11.4 Å². The zero-order valence-electron chi connectivity index (χ0n) is 18.1. The Balaban J connectivity index is 1.35. The first-order valence-electron chi connectivity index (χ1n) is 10.9. The lowest BCUT2D eigenvalue weighted by Crippen LogP contribution is -2.46. The molecule has 33 heavy (non-hydrogen) atoms.